The molecule has 0 aromatic carbocycles. The maximum atomic E-state index is 12.8. The fourth-order valence-electron chi connectivity index (χ4n) is 7.30. The molecule has 0 N–H and O–H groups in total. The molecule has 5 nitrogen and oxygen atoms in total. The Kier molecular flexibility index (Phi) is 53.0. The van der Waals surface area contributed by atoms with E-state index in [1.54, 1.807) is 0 Å². The van der Waals surface area contributed by atoms with Crippen LogP contribution in [-0.4, -0.2) is 37.9 Å². The van der Waals surface area contributed by atoms with Crippen LogP contribution in [0.15, 0.2) is 109 Å². The molecular weight excluding hydrogens is 813 g/mol. The van der Waals surface area contributed by atoms with Crippen LogP contribution in [-0.2, 0) is 23.8 Å². The van der Waals surface area contributed by atoms with Crippen molar-refractivity contribution in [1.29, 1.82) is 0 Å². The minimum atomic E-state index is -0.577. The zero-order chi connectivity index (χ0) is 47.7. The summed E-state index contributed by atoms with van der Waals surface area (Å²) in [6.45, 7) is 7.54. The molecule has 1 atom stereocenters. The molecule has 0 spiro atoms. The number of rotatable bonds is 49. The minimum Gasteiger partial charge on any atom is -0.462 e. The lowest BCUT2D eigenvalue weighted by Crippen LogP contribution is -2.30. The van der Waals surface area contributed by atoms with Crippen LogP contribution in [0.2, 0.25) is 0 Å². The predicted octanol–water partition coefficient (Wildman–Crippen LogP) is 18.8. The number of hydrogen-bond acceptors (Lipinski definition) is 5. The molecule has 0 saturated heterocycles. The number of ether oxygens (including phenoxy) is 3. The van der Waals surface area contributed by atoms with Crippen LogP contribution >= 0.6 is 0 Å². The van der Waals surface area contributed by atoms with Gasteiger partial charge in [0.25, 0.3) is 0 Å². The smallest absolute Gasteiger partial charge is 0.306 e. The first-order valence-electron chi connectivity index (χ1n) is 27.4. The van der Waals surface area contributed by atoms with E-state index in [1.165, 1.54) is 96.3 Å². The van der Waals surface area contributed by atoms with Crippen LogP contribution in [0, 0.1) is 0 Å². The molecule has 376 valence electrons. The summed E-state index contributed by atoms with van der Waals surface area (Å²) in [6.07, 6.45) is 76.8. The molecule has 0 radical (unpaired) electrons. The highest BCUT2D eigenvalue weighted by atomic mass is 16.6. The summed E-state index contributed by atoms with van der Waals surface area (Å²) in [4.78, 5) is 25.5. The third-order valence-corrected chi connectivity index (χ3v) is 11.3. The van der Waals surface area contributed by atoms with Gasteiger partial charge in [-0.05, 0) is 96.3 Å². The number of carbonyl (C=O) groups is 2. The first-order valence-corrected chi connectivity index (χ1v) is 27.4. The zero-order valence-electron chi connectivity index (χ0n) is 43.2. The Hall–Kier alpha value is -3.44. The highest BCUT2D eigenvalue weighted by Gasteiger charge is 2.17. The van der Waals surface area contributed by atoms with Crippen LogP contribution in [0.3, 0.4) is 0 Å². The first-order chi connectivity index (χ1) is 32.6. The van der Waals surface area contributed by atoms with Gasteiger partial charge >= 0.3 is 11.9 Å². The van der Waals surface area contributed by atoms with Crippen LogP contribution in [0.5, 0.6) is 0 Å². The van der Waals surface area contributed by atoms with Gasteiger partial charge in [0.2, 0.25) is 0 Å². The van der Waals surface area contributed by atoms with Gasteiger partial charge < -0.3 is 14.2 Å². The summed E-state index contributed by atoms with van der Waals surface area (Å²) in [7, 11) is 0. The fourth-order valence-corrected chi connectivity index (χ4v) is 7.30. The van der Waals surface area contributed by atoms with E-state index < -0.39 is 6.10 Å². The normalized spacial score (nSPS) is 13.1. The van der Waals surface area contributed by atoms with Crippen molar-refractivity contribution in [3.63, 3.8) is 0 Å². The monoisotopic (exact) mass is 915 g/mol. The number of allylic oxidation sites excluding steroid dienone is 18. The lowest BCUT2D eigenvalue weighted by Gasteiger charge is -2.18. The lowest BCUT2D eigenvalue weighted by atomic mass is 10.0. The molecule has 0 aromatic heterocycles. The van der Waals surface area contributed by atoms with Gasteiger partial charge in [-0.25, -0.2) is 0 Å². The van der Waals surface area contributed by atoms with Crippen molar-refractivity contribution in [2.24, 2.45) is 0 Å². The Morgan fingerprint density at radius 2 is 0.697 bits per heavy atom. The second-order valence-corrected chi connectivity index (χ2v) is 17.7. The maximum absolute atomic E-state index is 12.8. The summed E-state index contributed by atoms with van der Waals surface area (Å²) in [5, 5.41) is 0. The van der Waals surface area contributed by atoms with E-state index in [1.807, 2.05) is 0 Å². The molecule has 0 heterocycles. The largest absolute Gasteiger partial charge is 0.462 e. The second kappa shape index (κ2) is 55.9. The highest BCUT2D eigenvalue weighted by Crippen LogP contribution is 2.14. The zero-order valence-corrected chi connectivity index (χ0v) is 43.2. The third kappa shape index (κ3) is 53.2. The van der Waals surface area contributed by atoms with Gasteiger partial charge in [0.05, 0.1) is 6.61 Å². The molecule has 0 aliphatic rings. The van der Waals surface area contributed by atoms with E-state index in [0.29, 0.717) is 19.4 Å². The van der Waals surface area contributed by atoms with Crippen molar-refractivity contribution >= 4 is 11.9 Å². The van der Waals surface area contributed by atoms with Gasteiger partial charge in [-0.3, -0.25) is 9.59 Å². The minimum absolute atomic E-state index is 0.0510. The van der Waals surface area contributed by atoms with Crippen molar-refractivity contribution in [1.82, 2.24) is 0 Å². The number of hydrogen-bond donors (Lipinski definition) is 0. The summed E-state index contributed by atoms with van der Waals surface area (Å²) in [6, 6.07) is 0. The summed E-state index contributed by atoms with van der Waals surface area (Å²) < 4.78 is 17.4. The Morgan fingerprint density at radius 1 is 0.348 bits per heavy atom. The van der Waals surface area contributed by atoms with Crippen molar-refractivity contribution in [2.75, 3.05) is 19.8 Å². The van der Waals surface area contributed by atoms with Crippen LogP contribution in [0.1, 0.15) is 239 Å². The Morgan fingerprint density at radius 3 is 1.14 bits per heavy atom. The van der Waals surface area contributed by atoms with Crippen molar-refractivity contribution < 1.29 is 23.8 Å². The van der Waals surface area contributed by atoms with Crippen LogP contribution in [0.25, 0.3) is 0 Å². The van der Waals surface area contributed by atoms with Crippen molar-refractivity contribution in [3.8, 4) is 0 Å². The summed E-state index contributed by atoms with van der Waals surface area (Å²) in [5.74, 6) is -0.480. The average molecular weight is 915 g/mol. The average Bonchev–Trinajstić information content (AvgIpc) is 3.32. The van der Waals surface area contributed by atoms with E-state index >= 15 is 0 Å². The van der Waals surface area contributed by atoms with E-state index in [4.69, 9.17) is 14.2 Å². The third-order valence-electron chi connectivity index (χ3n) is 11.3. The quantitative estimate of drug-likeness (QED) is 0.0346. The molecule has 66 heavy (non-hydrogen) atoms. The summed E-state index contributed by atoms with van der Waals surface area (Å²) in [5.41, 5.74) is 0. The van der Waals surface area contributed by atoms with E-state index in [-0.39, 0.29) is 25.2 Å². The van der Waals surface area contributed by atoms with Gasteiger partial charge in [0.15, 0.2) is 6.10 Å². The van der Waals surface area contributed by atoms with Gasteiger partial charge in [-0.2, -0.15) is 0 Å². The van der Waals surface area contributed by atoms with Gasteiger partial charge in [0, 0.05) is 19.4 Å². The van der Waals surface area contributed by atoms with E-state index in [0.717, 1.165) is 109 Å². The fraction of sp³-hybridized carbons (Fsp3) is 0.672. The molecule has 0 rings (SSSR count). The molecule has 0 fully saturated rings. The Balaban J connectivity index is 4.39. The molecule has 0 bridgehead atoms. The van der Waals surface area contributed by atoms with E-state index in [9.17, 15) is 9.59 Å². The first kappa shape index (κ1) is 62.6. The van der Waals surface area contributed by atoms with E-state index in [2.05, 4.69) is 130 Å². The van der Waals surface area contributed by atoms with Crippen molar-refractivity contribution in [3.05, 3.63) is 109 Å². The summed E-state index contributed by atoms with van der Waals surface area (Å²) >= 11 is 0. The second-order valence-electron chi connectivity index (χ2n) is 17.7. The molecule has 0 aliphatic heterocycles. The number of unbranched alkanes of at least 4 members (excludes halogenated alkanes) is 20. The predicted molar refractivity (Wildman–Crippen MR) is 288 cm³/mol. The molecular formula is C61H102O5. The van der Waals surface area contributed by atoms with Crippen LogP contribution in [0.4, 0.5) is 0 Å². The SMILES string of the molecule is CC/C=C\C/C=C\C/C=C\C/C=C\C/C=C\CCCC(=O)OC(COCCCCCCCCCCCCCCCC)COC(=O)CCCCCCCC/C=C\C/C=C\C/C=C\C/C=C\CC. The van der Waals surface area contributed by atoms with Gasteiger partial charge in [-0.15, -0.1) is 0 Å². The number of carbonyl (C=O) groups excluding carboxylic acids is 2. The highest BCUT2D eigenvalue weighted by molar-refractivity contribution is 5.70. The van der Waals surface area contributed by atoms with Gasteiger partial charge in [-0.1, -0.05) is 239 Å². The Labute approximate surface area is 408 Å². The van der Waals surface area contributed by atoms with Gasteiger partial charge in [0.1, 0.15) is 6.61 Å². The van der Waals surface area contributed by atoms with Crippen LogP contribution < -0.4 is 0 Å². The lowest BCUT2D eigenvalue weighted by molar-refractivity contribution is -0.162. The molecule has 0 aromatic rings. The standard InChI is InChI=1S/C61H102O5/c1-4-7-10-13-16-19-22-25-28-30-31-33-34-36-39-42-45-48-51-54-60(62)65-58-59(57-64-56-53-50-47-44-41-38-27-24-21-18-15-12-9-6-3)66-61(63)55-52-49-46-43-40-37-35-32-29-26-23-20-17-14-11-8-5-2/h7-8,10-11,16-17,19-20,25-26,28-29,31,33,35,37,43,46,59H,4-6,9,12-15,18,21-24,27,30,32,34,36,38-42,44-45,47-58H2,1-3H3/b10-7-,11-8-,19-16-,20-17-,28-25-,29-26-,33-31-,37-35-,46-43-. The topological polar surface area (TPSA) is 61.8 Å². The maximum Gasteiger partial charge on any atom is 0.306 e. The molecule has 0 amide bonds. The molecule has 0 aliphatic carbocycles. The molecule has 0 saturated carbocycles. The molecule has 5 heteroatoms. The molecule has 1 unspecified atom stereocenters. The Bertz CT molecular complexity index is 1310. The van der Waals surface area contributed by atoms with Crippen molar-refractivity contribution in [2.45, 2.75) is 245 Å². The number of esters is 2.